The second-order valence-electron chi connectivity index (χ2n) is 6.37. The Morgan fingerprint density at radius 2 is 1.65 bits per heavy atom. The first-order chi connectivity index (χ1) is 12.7. The molecule has 0 amide bonds. The Bertz CT molecular complexity index is 510. The van der Waals surface area contributed by atoms with Crippen molar-refractivity contribution < 1.29 is 24.5 Å². The second kappa shape index (κ2) is 14.3. The fraction of sp³-hybridized carbons (Fsp3) is 0.571. The molecule has 1 rings (SSSR count). The number of aliphatic hydroxyl groups is 2. The summed E-state index contributed by atoms with van der Waals surface area (Å²) >= 11 is 0. The molecular weight excluding hydrogens is 332 g/mol. The Labute approximate surface area is 156 Å². The number of methoxy groups -OCH3 is 1. The lowest BCUT2D eigenvalue weighted by Crippen LogP contribution is -2.10. The predicted octanol–water partition coefficient (Wildman–Crippen LogP) is 3.73. The van der Waals surface area contributed by atoms with Crippen LogP contribution in [0.2, 0.25) is 0 Å². The zero-order valence-corrected chi connectivity index (χ0v) is 15.7. The third-order valence-corrected chi connectivity index (χ3v) is 4.16. The SMILES string of the molecule is COc1ccc(C=CC(=O)OCCCCCCCCCC(O)CO)cc1. The summed E-state index contributed by atoms with van der Waals surface area (Å²) in [5.41, 5.74) is 0.925. The molecule has 0 aliphatic heterocycles. The molecule has 0 fully saturated rings. The lowest BCUT2D eigenvalue weighted by molar-refractivity contribution is -0.137. The van der Waals surface area contributed by atoms with E-state index in [-0.39, 0.29) is 12.6 Å². The molecule has 1 unspecified atom stereocenters. The fourth-order valence-corrected chi connectivity index (χ4v) is 2.56. The number of aliphatic hydroxyl groups excluding tert-OH is 2. The van der Waals surface area contributed by atoms with Crippen molar-refractivity contribution in [2.24, 2.45) is 0 Å². The van der Waals surface area contributed by atoms with Crippen LogP contribution in [0.3, 0.4) is 0 Å². The van der Waals surface area contributed by atoms with Crippen LogP contribution in [-0.4, -0.2) is 42.6 Å². The van der Waals surface area contributed by atoms with Crippen LogP contribution >= 0.6 is 0 Å². The number of benzene rings is 1. The van der Waals surface area contributed by atoms with Crippen LogP contribution < -0.4 is 4.74 Å². The molecule has 0 aromatic heterocycles. The molecule has 1 aromatic carbocycles. The van der Waals surface area contributed by atoms with Gasteiger partial charge in [0.25, 0.3) is 0 Å². The van der Waals surface area contributed by atoms with Gasteiger partial charge in [-0.2, -0.15) is 0 Å². The van der Waals surface area contributed by atoms with E-state index in [2.05, 4.69) is 0 Å². The zero-order valence-electron chi connectivity index (χ0n) is 15.7. The molecule has 1 aromatic rings. The Morgan fingerprint density at radius 1 is 1.04 bits per heavy atom. The van der Waals surface area contributed by atoms with Gasteiger partial charge in [-0.15, -0.1) is 0 Å². The lowest BCUT2D eigenvalue weighted by Gasteiger charge is -2.06. The van der Waals surface area contributed by atoms with Crippen molar-refractivity contribution in [3.05, 3.63) is 35.9 Å². The summed E-state index contributed by atoms with van der Waals surface area (Å²) in [6.07, 6.45) is 10.7. The highest BCUT2D eigenvalue weighted by atomic mass is 16.5. The van der Waals surface area contributed by atoms with E-state index in [1.165, 1.54) is 6.08 Å². The number of unbranched alkanes of at least 4 members (excludes halogenated alkanes) is 6. The maximum atomic E-state index is 11.7. The standard InChI is InChI=1S/C21H32O5/c1-25-20-13-10-18(11-14-20)12-15-21(24)26-16-8-6-4-2-3-5-7-9-19(23)17-22/h10-15,19,22-23H,2-9,16-17H2,1H3. The molecule has 1 atom stereocenters. The summed E-state index contributed by atoms with van der Waals surface area (Å²) in [5.74, 6) is 0.468. The Hall–Kier alpha value is -1.85. The van der Waals surface area contributed by atoms with E-state index in [9.17, 15) is 9.90 Å². The topological polar surface area (TPSA) is 76.0 Å². The number of hydrogen-bond acceptors (Lipinski definition) is 5. The first-order valence-electron chi connectivity index (χ1n) is 9.43. The van der Waals surface area contributed by atoms with Crippen LogP contribution in [0, 0.1) is 0 Å². The van der Waals surface area contributed by atoms with Crippen LogP contribution in [0.1, 0.15) is 56.9 Å². The average molecular weight is 364 g/mol. The molecule has 0 bridgehead atoms. The van der Waals surface area contributed by atoms with Gasteiger partial charge in [0.15, 0.2) is 0 Å². The normalized spacial score (nSPS) is 12.3. The van der Waals surface area contributed by atoms with Crippen LogP contribution in [0.4, 0.5) is 0 Å². The van der Waals surface area contributed by atoms with Crippen molar-refractivity contribution in [2.45, 2.75) is 57.5 Å². The molecule has 0 radical (unpaired) electrons. The van der Waals surface area contributed by atoms with Crippen LogP contribution in [0.5, 0.6) is 5.75 Å². The van der Waals surface area contributed by atoms with Gasteiger partial charge in [0.2, 0.25) is 0 Å². The van der Waals surface area contributed by atoms with Gasteiger partial charge in [-0.3, -0.25) is 0 Å². The summed E-state index contributed by atoms with van der Waals surface area (Å²) in [5, 5.41) is 17.9. The maximum absolute atomic E-state index is 11.7. The van der Waals surface area contributed by atoms with Gasteiger partial charge >= 0.3 is 5.97 Å². The van der Waals surface area contributed by atoms with Gasteiger partial charge in [0.05, 0.1) is 26.4 Å². The van der Waals surface area contributed by atoms with Crippen molar-refractivity contribution in [2.75, 3.05) is 20.3 Å². The van der Waals surface area contributed by atoms with Crippen molar-refractivity contribution in [3.63, 3.8) is 0 Å². The summed E-state index contributed by atoms with van der Waals surface area (Å²) in [6, 6.07) is 7.46. The highest BCUT2D eigenvalue weighted by Crippen LogP contribution is 2.12. The van der Waals surface area contributed by atoms with Crippen molar-refractivity contribution in [3.8, 4) is 5.75 Å². The molecule has 0 heterocycles. The first-order valence-corrected chi connectivity index (χ1v) is 9.43. The molecule has 5 nitrogen and oxygen atoms in total. The fourth-order valence-electron chi connectivity index (χ4n) is 2.56. The number of rotatable bonds is 14. The van der Waals surface area contributed by atoms with Gasteiger partial charge in [-0.1, -0.05) is 50.7 Å². The van der Waals surface area contributed by atoms with E-state index in [1.54, 1.807) is 13.2 Å². The van der Waals surface area contributed by atoms with Crippen LogP contribution in [0.15, 0.2) is 30.3 Å². The molecule has 0 aliphatic carbocycles. The summed E-state index contributed by atoms with van der Waals surface area (Å²) in [6.45, 7) is 0.308. The van der Waals surface area contributed by atoms with Crippen LogP contribution in [0.25, 0.3) is 6.08 Å². The summed E-state index contributed by atoms with van der Waals surface area (Å²) in [4.78, 5) is 11.7. The highest BCUT2D eigenvalue weighted by Gasteiger charge is 2.01. The van der Waals surface area contributed by atoms with Crippen molar-refractivity contribution >= 4 is 12.0 Å². The molecule has 2 N–H and O–H groups in total. The van der Waals surface area contributed by atoms with Gasteiger partial charge in [0.1, 0.15) is 5.75 Å². The van der Waals surface area contributed by atoms with Gasteiger partial charge in [-0.05, 0) is 36.6 Å². The highest BCUT2D eigenvalue weighted by molar-refractivity contribution is 5.87. The minimum absolute atomic E-state index is 0.145. The van der Waals surface area contributed by atoms with Crippen LogP contribution in [-0.2, 0) is 9.53 Å². The lowest BCUT2D eigenvalue weighted by atomic mass is 10.1. The van der Waals surface area contributed by atoms with Gasteiger partial charge in [-0.25, -0.2) is 4.79 Å². The Morgan fingerprint density at radius 3 is 2.27 bits per heavy atom. The van der Waals surface area contributed by atoms with E-state index in [0.29, 0.717) is 13.0 Å². The minimum atomic E-state index is -0.566. The molecule has 146 valence electrons. The monoisotopic (exact) mass is 364 g/mol. The predicted molar refractivity (Wildman–Crippen MR) is 103 cm³/mol. The van der Waals surface area contributed by atoms with Crippen molar-refractivity contribution in [1.29, 1.82) is 0 Å². The number of esters is 1. The molecular formula is C21H32O5. The zero-order chi connectivity index (χ0) is 19.0. The Balaban J connectivity index is 1.98. The van der Waals surface area contributed by atoms with E-state index in [1.807, 2.05) is 24.3 Å². The number of carbonyl (C=O) groups is 1. The van der Waals surface area contributed by atoms with E-state index < -0.39 is 6.10 Å². The van der Waals surface area contributed by atoms with Gasteiger partial charge in [0, 0.05) is 6.08 Å². The minimum Gasteiger partial charge on any atom is -0.497 e. The third-order valence-electron chi connectivity index (χ3n) is 4.16. The molecule has 0 spiro atoms. The molecule has 0 saturated carbocycles. The third kappa shape index (κ3) is 10.9. The van der Waals surface area contributed by atoms with Crippen molar-refractivity contribution in [1.82, 2.24) is 0 Å². The van der Waals surface area contributed by atoms with E-state index >= 15 is 0 Å². The quantitative estimate of drug-likeness (QED) is 0.299. The van der Waals surface area contributed by atoms with Gasteiger partial charge < -0.3 is 19.7 Å². The number of hydrogen-bond donors (Lipinski definition) is 2. The molecule has 26 heavy (non-hydrogen) atoms. The number of carbonyl (C=O) groups excluding carboxylic acids is 1. The largest absolute Gasteiger partial charge is 0.497 e. The molecule has 0 saturated heterocycles. The molecule has 5 heteroatoms. The van der Waals surface area contributed by atoms with E-state index in [0.717, 1.165) is 56.3 Å². The number of ether oxygens (including phenoxy) is 2. The summed E-state index contributed by atoms with van der Waals surface area (Å²) in [7, 11) is 1.62. The molecule has 0 aliphatic rings. The second-order valence-corrected chi connectivity index (χ2v) is 6.37. The Kier molecular flexibility index (Phi) is 12.2. The van der Waals surface area contributed by atoms with E-state index in [4.69, 9.17) is 14.6 Å². The summed E-state index contributed by atoms with van der Waals surface area (Å²) < 4.78 is 10.3. The smallest absolute Gasteiger partial charge is 0.330 e. The average Bonchev–Trinajstić information content (AvgIpc) is 2.67. The first kappa shape index (κ1) is 22.2. The maximum Gasteiger partial charge on any atom is 0.330 e.